The molecule has 0 aromatic carbocycles. The Bertz CT molecular complexity index is 610. The summed E-state index contributed by atoms with van der Waals surface area (Å²) in [7, 11) is 0. The molecule has 1 heteroatoms. The van der Waals surface area contributed by atoms with Crippen LogP contribution >= 0.6 is 0 Å². The number of fused-ring (bicyclic) bond motifs is 1. The van der Waals surface area contributed by atoms with Gasteiger partial charge in [0.1, 0.15) is 0 Å². The van der Waals surface area contributed by atoms with Crippen molar-refractivity contribution in [2.75, 3.05) is 0 Å². The van der Waals surface area contributed by atoms with Crippen LogP contribution in [0.4, 0.5) is 0 Å². The van der Waals surface area contributed by atoms with Gasteiger partial charge in [0.15, 0.2) is 0 Å². The second-order valence-corrected chi connectivity index (χ2v) is 10.8. The Morgan fingerprint density at radius 3 is 2.64 bits per heavy atom. The van der Waals surface area contributed by atoms with Crippen molar-refractivity contribution < 1.29 is 5.11 Å². The predicted molar refractivity (Wildman–Crippen MR) is 121 cm³/mol. The van der Waals surface area contributed by atoms with Gasteiger partial charge in [-0.25, -0.2) is 0 Å². The van der Waals surface area contributed by atoms with Crippen LogP contribution in [0.1, 0.15) is 98.3 Å². The van der Waals surface area contributed by atoms with Crippen LogP contribution in [0.5, 0.6) is 0 Å². The molecule has 158 valence electrons. The molecule has 3 saturated carbocycles. The summed E-state index contributed by atoms with van der Waals surface area (Å²) in [6, 6.07) is 0. The number of aliphatic hydroxyl groups is 1. The summed E-state index contributed by atoms with van der Waals surface area (Å²) in [4.78, 5) is 0. The van der Waals surface area contributed by atoms with Crippen molar-refractivity contribution in [2.24, 2.45) is 29.1 Å². The van der Waals surface area contributed by atoms with Crippen LogP contribution in [0.15, 0.2) is 35.5 Å². The first kappa shape index (κ1) is 21.9. The molecule has 0 spiro atoms. The van der Waals surface area contributed by atoms with Gasteiger partial charge in [-0.15, -0.1) is 0 Å². The van der Waals surface area contributed by atoms with Crippen molar-refractivity contribution in [1.29, 1.82) is 0 Å². The van der Waals surface area contributed by atoms with E-state index in [0.717, 1.165) is 42.9 Å². The van der Waals surface area contributed by atoms with Gasteiger partial charge in [0, 0.05) is 0 Å². The van der Waals surface area contributed by atoms with Crippen molar-refractivity contribution in [3.63, 3.8) is 0 Å². The lowest BCUT2D eigenvalue weighted by Crippen LogP contribution is -2.36. The first-order valence-corrected chi connectivity index (χ1v) is 12.1. The minimum Gasteiger partial charge on any atom is -0.393 e. The minimum absolute atomic E-state index is 0.172. The van der Waals surface area contributed by atoms with E-state index in [1.807, 2.05) is 0 Å². The molecule has 3 aliphatic rings. The zero-order chi connectivity index (χ0) is 20.3. The molecule has 0 radical (unpaired) electrons. The first-order chi connectivity index (χ1) is 13.3. The quantitative estimate of drug-likeness (QED) is 0.499. The molecule has 0 bridgehead atoms. The van der Waals surface area contributed by atoms with Crippen molar-refractivity contribution in [2.45, 2.75) is 104 Å². The molecular weight excluding hydrogens is 340 g/mol. The monoisotopic (exact) mass is 384 g/mol. The molecule has 0 aromatic rings. The molecular formula is C27H44O. The lowest BCUT2D eigenvalue weighted by atomic mass is 9.60. The van der Waals surface area contributed by atoms with E-state index in [9.17, 15) is 5.11 Å². The van der Waals surface area contributed by atoms with Crippen molar-refractivity contribution in [3.05, 3.63) is 35.5 Å². The maximum absolute atomic E-state index is 10.0. The second kappa shape index (κ2) is 9.33. The smallest absolute Gasteiger partial charge is 0.0583 e. The van der Waals surface area contributed by atoms with Gasteiger partial charge in [-0.1, -0.05) is 76.8 Å². The van der Waals surface area contributed by atoms with Gasteiger partial charge in [0.2, 0.25) is 0 Å². The number of hydrogen-bond acceptors (Lipinski definition) is 1. The van der Waals surface area contributed by atoms with E-state index in [1.54, 1.807) is 5.57 Å². The summed E-state index contributed by atoms with van der Waals surface area (Å²) in [5.74, 6) is 3.37. The summed E-state index contributed by atoms with van der Waals surface area (Å²) < 4.78 is 0. The van der Waals surface area contributed by atoms with Crippen molar-refractivity contribution in [3.8, 4) is 0 Å². The molecule has 0 aromatic heterocycles. The Hall–Kier alpha value is -0.820. The number of aliphatic hydroxyl groups excluding tert-OH is 1. The van der Waals surface area contributed by atoms with Gasteiger partial charge >= 0.3 is 0 Å². The standard InChI is InChI=1S/C27H44O/c1-19(2)8-6-9-21(4)25-15-16-26-22(10-7-17-27(25,26)5)12-13-23-18-24(28)14-11-20(23)3/h12-13,19,21,24-26,28H,3,6-11,14-18H2,1-2,4-5H3/b22-12+,23-13+/t21-,24-,25-,26+,27-/m0/s1. The fourth-order valence-corrected chi connectivity index (χ4v) is 6.66. The molecule has 28 heavy (non-hydrogen) atoms. The summed E-state index contributed by atoms with van der Waals surface area (Å²) in [5.41, 5.74) is 4.72. The third kappa shape index (κ3) is 4.84. The zero-order valence-electron chi connectivity index (χ0n) is 19.0. The average molecular weight is 385 g/mol. The van der Waals surface area contributed by atoms with E-state index >= 15 is 0 Å². The zero-order valence-corrected chi connectivity index (χ0v) is 19.0. The number of rotatable bonds is 6. The molecule has 0 aliphatic heterocycles. The van der Waals surface area contributed by atoms with E-state index in [2.05, 4.69) is 46.4 Å². The molecule has 3 aliphatic carbocycles. The van der Waals surface area contributed by atoms with Gasteiger partial charge in [0.05, 0.1) is 6.10 Å². The summed E-state index contributed by atoms with van der Waals surface area (Å²) in [6.45, 7) is 14.1. The van der Waals surface area contributed by atoms with E-state index in [4.69, 9.17) is 0 Å². The fourth-order valence-electron chi connectivity index (χ4n) is 6.66. The van der Waals surface area contributed by atoms with E-state index in [0.29, 0.717) is 5.41 Å². The third-order valence-electron chi connectivity index (χ3n) is 8.35. The normalized spacial score (nSPS) is 37.6. The Morgan fingerprint density at radius 2 is 1.89 bits per heavy atom. The van der Waals surface area contributed by atoms with Crippen LogP contribution in [0.25, 0.3) is 0 Å². The highest BCUT2D eigenvalue weighted by Crippen LogP contribution is 2.59. The fraction of sp³-hybridized carbons (Fsp3) is 0.778. The van der Waals surface area contributed by atoms with Crippen LogP contribution in [0.3, 0.4) is 0 Å². The number of hydrogen-bond donors (Lipinski definition) is 1. The Balaban J connectivity index is 1.70. The molecule has 1 nitrogen and oxygen atoms in total. The molecule has 0 unspecified atom stereocenters. The average Bonchev–Trinajstić information content (AvgIpc) is 2.99. The molecule has 1 N–H and O–H groups in total. The molecule has 3 rings (SSSR count). The van der Waals surface area contributed by atoms with Crippen molar-refractivity contribution >= 4 is 0 Å². The van der Waals surface area contributed by atoms with E-state index in [1.165, 1.54) is 62.5 Å². The Morgan fingerprint density at radius 1 is 1.11 bits per heavy atom. The lowest BCUT2D eigenvalue weighted by molar-refractivity contribution is 0.0929. The Labute approximate surface area is 174 Å². The summed E-state index contributed by atoms with van der Waals surface area (Å²) in [5, 5.41) is 10.0. The van der Waals surface area contributed by atoms with Crippen LogP contribution < -0.4 is 0 Å². The van der Waals surface area contributed by atoms with Gasteiger partial charge in [-0.3, -0.25) is 0 Å². The second-order valence-electron chi connectivity index (χ2n) is 10.8. The maximum atomic E-state index is 10.0. The van der Waals surface area contributed by atoms with E-state index in [-0.39, 0.29) is 6.10 Å². The molecule has 0 amide bonds. The van der Waals surface area contributed by atoms with Gasteiger partial charge in [-0.2, -0.15) is 0 Å². The molecule has 3 fully saturated rings. The van der Waals surface area contributed by atoms with Crippen LogP contribution in [-0.4, -0.2) is 11.2 Å². The highest BCUT2D eigenvalue weighted by atomic mass is 16.3. The molecule has 0 saturated heterocycles. The van der Waals surface area contributed by atoms with E-state index < -0.39 is 0 Å². The predicted octanol–water partition coefficient (Wildman–Crippen LogP) is 7.62. The van der Waals surface area contributed by atoms with Gasteiger partial charge in [0.25, 0.3) is 0 Å². The third-order valence-corrected chi connectivity index (χ3v) is 8.35. The highest BCUT2D eigenvalue weighted by molar-refractivity contribution is 5.36. The molecule has 5 atom stereocenters. The lowest BCUT2D eigenvalue weighted by Gasteiger charge is -2.44. The number of allylic oxidation sites excluding steroid dienone is 4. The first-order valence-electron chi connectivity index (χ1n) is 12.1. The minimum atomic E-state index is -0.172. The van der Waals surface area contributed by atoms with Gasteiger partial charge < -0.3 is 5.11 Å². The summed E-state index contributed by atoms with van der Waals surface area (Å²) >= 11 is 0. The highest BCUT2D eigenvalue weighted by Gasteiger charge is 2.50. The van der Waals surface area contributed by atoms with Crippen LogP contribution in [0.2, 0.25) is 0 Å². The Kier molecular flexibility index (Phi) is 7.29. The van der Waals surface area contributed by atoms with Gasteiger partial charge in [-0.05, 0) is 86.0 Å². The maximum Gasteiger partial charge on any atom is 0.0583 e. The van der Waals surface area contributed by atoms with Crippen LogP contribution in [0, 0.1) is 29.1 Å². The van der Waals surface area contributed by atoms with Crippen molar-refractivity contribution in [1.82, 2.24) is 0 Å². The largest absolute Gasteiger partial charge is 0.393 e. The summed E-state index contributed by atoms with van der Waals surface area (Å²) in [6.07, 6.45) is 18.2. The topological polar surface area (TPSA) is 20.2 Å². The molecule has 0 heterocycles. The SMILES string of the molecule is C=C1CC[C@H](O)C/C1=C\C=C1/CCC[C@]2(C)[C@@H]1CC[C@H]2[C@@H](C)CCCC(C)C. The van der Waals surface area contributed by atoms with Crippen LogP contribution in [-0.2, 0) is 0 Å².